The van der Waals surface area contributed by atoms with Gasteiger partial charge in [-0.25, -0.2) is 13.2 Å². The van der Waals surface area contributed by atoms with E-state index in [-0.39, 0.29) is 17.9 Å². The lowest BCUT2D eigenvalue weighted by molar-refractivity contribution is -0.146. The van der Waals surface area contributed by atoms with Crippen LogP contribution in [0.1, 0.15) is 11.4 Å². The molecule has 1 fully saturated rings. The number of hydrogen-bond donors (Lipinski definition) is 1. The number of carbonyl (C=O) groups is 2. The van der Waals surface area contributed by atoms with Crippen molar-refractivity contribution in [2.45, 2.75) is 28.3 Å². The number of aryl methyl sites for hydroxylation is 1. The summed E-state index contributed by atoms with van der Waals surface area (Å²) in [6, 6.07) is 0. The molecule has 2 aliphatic rings. The van der Waals surface area contributed by atoms with Crippen LogP contribution < -0.4 is 0 Å². The van der Waals surface area contributed by atoms with Gasteiger partial charge in [0.05, 0.1) is 11.7 Å². The first-order chi connectivity index (χ1) is 10.3. The van der Waals surface area contributed by atoms with Crippen molar-refractivity contribution in [2.75, 3.05) is 5.75 Å². The van der Waals surface area contributed by atoms with Gasteiger partial charge in [-0.15, -0.1) is 10.2 Å². The molecule has 118 valence electrons. The fraction of sp³-hybridized carbons (Fsp3) is 0.455. The molecule has 1 aromatic heterocycles. The van der Waals surface area contributed by atoms with Gasteiger partial charge in [0.15, 0.2) is 14.2 Å². The third kappa shape index (κ3) is 2.42. The van der Waals surface area contributed by atoms with Crippen molar-refractivity contribution in [2.24, 2.45) is 0 Å². The maximum Gasteiger partial charge on any atom is 0.352 e. The number of amides is 1. The van der Waals surface area contributed by atoms with Crippen molar-refractivity contribution in [1.82, 2.24) is 15.1 Å². The van der Waals surface area contributed by atoms with E-state index in [1.807, 2.05) is 0 Å². The smallest absolute Gasteiger partial charge is 0.352 e. The summed E-state index contributed by atoms with van der Waals surface area (Å²) in [5.41, 5.74) is -0.255. The Hall–Kier alpha value is -1.46. The van der Waals surface area contributed by atoms with Crippen LogP contribution in [0.3, 0.4) is 0 Å². The summed E-state index contributed by atoms with van der Waals surface area (Å²) in [5.74, 6) is -1.63. The summed E-state index contributed by atoms with van der Waals surface area (Å²) in [7, 11) is -3.63. The fourth-order valence-corrected chi connectivity index (χ4v) is 6.60. The second kappa shape index (κ2) is 5.32. The lowest BCUT2D eigenvalue weighted by atomic mass is 10.1. The van der Waals surface area contributed by atoms with Crippen molar-refractivity contribution < 1.29 is 23.1 Å². The molecule has 3 heterocycles. The number of aliphatic carboxylic acids is 1. The molecule has 1 amide bonds. The highest BCUT2D eigenvalue weighted by Crippen LogP contribution is 2.38. The standard InChI is InChI=1S/C11H11N3O5S3/c1-5-12-13-11(21-5)20-4-6-2-7(10(16)17)14-8(15)3-9(14)22(6,18)19/h2,6,9H,3-4H2,1H3,(H,16,17)/t6?,9-/m1/s1. The average Bonchev–Trinajstić information content (AvgIpc) is 2.83. The van der Waals surface area contributed by atoms with Gasteiger partial charge in [-0.2, -0.15) is 0 Å². The van der Waals surface area contributed by atoms with Gasteiger partial charge in [0, 0.05) is 5.75 Å². The van der Waals surface area contributed by atoms with E-state index in [4.69, 9.17) is 0 Å². The van der Waals surface area contributed by atoms with Crippen LogP contribution in [-0.4, -0.2) is 56.9 Å². The quantitative estimate of drug-likeness (QED) is 0.599. The molecule has 0 aliphatic carbocycles. The summed E-state index contributed by atoms with van der Waals surface area (Å²) in [6.07, 6.45) is 0.984. The highest BCUT2D eigenvalue weighted by Gasteiger charge is 2.53. The van der Waals surface area contributed by atoms with E-state index in [2.05, 4.69) is 10.2 Å². The second-order valence-electron chi connectivity index (χ2n) is 4.81. The SMILES string of the molecule is Cc1nnc(SCC2C=C(C(=O)O)N3C(=O)C[C@H]3S2(=O)=O)s1. The number of fused-ring (bicyclic) bond motifs is 1. The van der Waals surface area contributed by atoms with E-state index in [1.165, 1.54) is 23.1 Å². The molecule has 0 spiro atoms. The van der Waals surface area contributed by atoms with Crippen LogP contribution >= 0.6 is 23.1 Å². The summed E-state index contributed by atoms with van der Waals surface area (Å²) >= 11 is 2.56. The molecule has 0 aromatic carbocycles. The van der Waals surface area contributed by atoms with Gasteiger partial charge < -0.3 is 5.11 Å². The van der Waals surface area contributed by atoms with Crippen molar-refractivity contribution in [1.29, 1.82) is 0 Å². The van der Waals surface area contributed by atoms with Crippen LogP contribution in [0.5, 0.6) is 0 Å². The molecule has 2 atom stereocenters. The monoisotopic (exact) mass is 361 g/mol. The lowest BCUT2D eigenvalue weighted by Crippen LogP contribution is -2.61. The Kier molecular flexibility index (Phi) is 3.73. The second-order valence-corrected chi connectivity index (χ2v) is 9.58. The molecule has 0 bridgehead atoms. The van der Waals surface area contributed by atoms with Crippen LogP contribution in [0.2, 0.25) is 0 Å². The van der Waals surface area contributed by atoms with Crippen LogP contribution in [0.4, 0.5) is 0 Å². The molecule has 2 aliphatic heterocycles. The molecule has 8 nitrogen and oxygen atoms in total. The Bertz CT molecular complexity index is 785. The molecular weight excluding hydrogens is 350 g/mol. The maximum atomic E-state index is 12.4. The first kappa shape index (κ1) is 15.4. The molecular formula is C11H11N3O5S3. The van der Waals surface area contributed by atoms with E-state index in [0.29, 0.717) is 4.34 Å². The molecule has 1 aromatic rings. The maximum absolute atomic E-state index is 12.4. The summed E-state index contributed by atoms with van der Waals surface area (Å²) in [5, 5.41) is 15.7. The van der Waals surface area contributed by atoms with E-state index >= 15 is 0 Å². The number of carboxylic acids is 1. The van der Waals surface area contributed by atoms with Crippen LogP contribution in [0.15, 0.2) is 16.1 Å². The van der Waals surface area contributed by atoms with Crippen molar-refractivity contribution in [3.8, 4) is 0 Å². The first-order valence-electron chi connectivity index (χ1n) is 6.23. The average molecular weight is 361 g/mol. The largest absolute Gasteiger partial charge is 0.477 e. The molecule has 1 saturated heterocycles. The number of thioether (sulfide) groups is 1. The fourth-order valence-electron chi connectivity index (χ4n) is 2.30. The lowest BCUT2D eigenvalue weighted by Gasteiger charge is -2.44. The molecule has 0 radical (unpaired) electrons. The molecule has 3 rings (SSSR count). The predicted octanol–water partition coefficient (Wildman–Crippen LogP) is 0.263. The number of hydrogen-bond acceptors (Lipinski definition) is 8. The molecule has 11 heteroatoms. The zero-order valence-electron chi connectivity index (χ0n) is 11.3. The Morgan fingerprint density at radius 1 is 1.55 bits per heavy atom. The molecule has 1 N–H and O–H groups in total. The normalized spacial score (nSPS) is 26.1. The van der Waals surface area contributed by atoms with Gasteiger partial charge in [-0.1, -0.05) is 23.1 Å². The van der Waals surface area contributed by atoms with Gasteiger partial charge in [-0.05, 0) is 13.0 Å². The third-order valence-electron chi connectivity index (χ3n) is 3.41. The molecule has 22 heavy (non-hydrogen) atoms. The highest BCUT2D eigenvalue weighted by molar-refractivity contribution is 8.02. The van der Waals surface area contributed by atoms with Crippen molar-refractivity contribution >= 4 is 44.8 Å². The Labute approximate surface area is 134 Å². The minimum Gasteiger partial charge on any atom is -0.477 e. The zero-order valence-corrected chi connectivity index (χ0v) is 13.7. The Balaban J connectivity index is 1.87. The van der Waals surface area contributed by atoms with Crippen LogP contribution in [0, 0.1) is 6.92 Å². The molecule has 0 saturated carbocycles. The van der Waals surface area contributed by atoms with E-state index in [1.54, 1.807) is 6.92 Å². The van der Waals surface area contributed by atoms with Crippen LogP contribution in [-0.2, 0) is 19.4 Å². The van der Waals surface area contributed by atoms with Gasteiger partial charge in [-0.3, -0.25) is 9.69 Å². The van der Waals surface area contributed by atoms with Gasteiger partial charge in [0.2, 0.25) is 5.91 Å². The first-order valence-corrected chi connectivity index (χ1v) is 9.64. The number of β-lactam (4-membered cyclic amide) rings is 1. The topological polar surface area (TPSA) is 118 Å². The minimum atomic E-state index is -3.63. The van der Waals surface area contributed by atoms with Gasteiger partial charge >= 0.3 is 5.97 Å². The Morgan fingerprint density at radius 2 is 2.27 bits per heavy atom. The van der Waals surface area contributed by atoms with Gasteiger partial charge in [0.25, 0.3) is 0 Å². The summed E-state index contributed by atoms with van der Waals surface area (Å²) < 4.78 is 25.5. The molecule has 1 unspecified atom stereocenters. The highest BCUT2D eigenvalue weighted by atomic mass is 32.2. The van der Waals surface area contributed by atoms with Crippen molar-refractivity contribution in [3.63, 3.8) is 0 Å². The Morgan fingerprint density at radius 3 is 2.82 bits per heavy atom. The van der Waals surface area contributed by atoms with Crippen LogP contribution in [0.25, 0.3) is 0 Å². The number of aromatic nitrogens is 2. The minimum absolute atomic E-state index is 0.145. The number of carbonyl (C=O) groups excluding carboxylic acids is 1. The third-order valence-corrected chi connectivity index (χ3v) is 7.99. The van der Waals surface area contributed by atoms with E-state index < -0.39 is 32.3 Å². The van der Waals surface area contributed by atoms with E-state index in [9.17, 15) is 23.1 Å². The number of rotatable bonds is 4. The van der Waals surface area contributed by atoms with E-state index in [0.717, 1.165) is 16.0 Å². The predicted molar refractivity (Wildman–Crippen MR) is 79.0 cm³/mol. The number of sulfone groups is 1. The van der Waals surface area contributed by atoms with Gasteiger partial charge in [0.1, 0.15) is 16.1 Å². The number of nitrogens with zero attached hydrogens (tertiary/aromatic N) is 3. The zero-order chi connectivity index (χ0) is 16.1. The summed E-state index contributed by atoms with van der Waals surface area (Å²) in [4.78, 5) is 23.6. The summed E-state index contributed by atoms with van der Waals surface area (Å²) in [6.45, 7) is 1.79. The van der Waals surface area contributed by atoms with Crippen molar-refractivity contribution in [3.05, 3.63) is 16.8 Å². The number of carboxylic acid groups (broad SMARTS) is 1.